The summed E-state index contributed by atoms with van der Waals surface area (Å²) in [5.74, 6) is -1.39. The Morgan fingerprint density at radius 2 is 2.05 bits per heavy atom. The fourth-order valence-corrected chi connectivity index (χ4v) is 1.35. The number of amides is 1. The van der Waals surface area contributed by atoms with Crippen LogP contribution in [-0.4, -0.2) is 24.1 Å². The summed E-state index contributed by atoms with van der Waals surface area (Å²) in [7, 11) is 1.22. The first-order chi connectivity index (χ1) is 9.10. The van der Waals surface area contributed by atoms with E-state index < -0.39 is 11.9 Å². The van der Waals surface area contributed by atoms with Gasteiger partial charge in [0.1, 0.15) is 5.56 Å². The summed E-state index contributed by atoms with van der Waals surface area (Å²) in [6.45, 7) is 1.83. The second-order valence-corrected chi connectivity index (χ2v) is 3.57. The van der Waals surface area contributed by atoms with Crippen molar-refractivity contribution in [2.45, 2.75) is 6.92 Å². The molecule has 2 N–H and O–H groups in total. The number of esters is 1. The molecule has 0 aliphatic heterocycles. The number of hydrogen-bond acceptors (Lipinski definition) is 4. The zero-order chi connectivity index (χ0) is 14.3. The smallest absolute Gasteiger partial charge is 0.341 e. The first-order valence-corrected chi connectivity index (χ1v) is 5.60. The molecule has 0 saturated heterocycles. The Hall–Kier alpha value is -2.56. The van der Waals surface area contributed by atoms with E-state index in [1.54, 1.807) is 18.2 Å². The number of carbonyl (C=O) groups excluding carboxylic acids is 2. The Labute approximate surface area is 111 Å². The number of allylic oxidation sites excluding steroid dienone is 3. The van der Waals surface area contributed by atoms with Crippen molar-refractivity contribution in [1.82, 2.24) is 0 Å². The van der Waals surface area contributed by atoms with Gasteiger partial charge in [-0.25, -0.2) is 4.79 Å². The van der Waals surface area contributed by atoms with Crippen molar-refractivity contribution in [1.29, 1.82) is 0 Å². The number of para-hydroxylation sites is 1. The van der Waals surface area contributed by atoms with Gasteiger partial charge in [-0.2, -0.15) is 0 Å². The van der Waals surface area contributed by atoms with E-state index in [2.05, 4.69) is 10.1 Å². The average molecular weight is 261 g/mol. The van der Waals surface area contributed by atoms with Gasteiger partial charge in [-0.15, -0.1) is 0 Å². The highest BCUT2D eigenvalue weighted by molar-refractivity contribution is 6.02. The molecular formula is C14H15NO4. The summed E-state index contributed by atoms with van der Waals surface area (Å²) in [5, 5.41) is 12.3. The number of phenols is 1. The molecule has 1 aromatic rings. The van der Waals surface area contributed by atoms with Crippen molar-refractivity contribution in [3.05, 3.63) is 48.1 Å². The molecule has 5 nitrogen and oxygen atoms in total. The molecule has 100 valence electrons. The monoisotopic (exact) mass is 261 g/mol. The molecule has 0 heterocycles. The van der Waals surface area contributed by atoms with Crippen LogP contribution in [0.25, 0.3) is 0 Å². The molecule has 0 aliphatic rings. The normalized spacial score (nSPS) is 10.8. The number of anilines is 1. The van der Waals surface area contributed by atoms with Gasteiger partial charge in [0.05, 0.1) is 12.8 Å². The van der Waals surface area contributed by atoms with Crippen LogP contribution in [-0.2, 0) is 9.53 Å². The number of phenolic OH excluding ortho intramolecular Hbond substituents is 1. The lowest BCUT2D eigenvalue weighted by Crippen LogP contribution is -2.09. The van der Waals surface area contributed by atoms with Crippen LogP contribution in [0.2, 0.25) is 0 Å². The molecule has 0 atom stereocenters. The number of rotatable bonds is 4. The number of nitrogens with one attached hydrogen (secondary N) is 1. The van der Waals surface area contributed by atoms with E-state index in [1.165, 1.54) is 31.4 Å². The topological polar surface area (TPSA) is 75.6 Å². The third kappa shape index (κ3) is 3.99. The van der Waals surface area contributed by atoms with Gasteiger partial charge in [0, 0.05) is 6.08 Å². The number of benzene rings is 1. The first-order valence-electron chi connectivity index (χ1n) is 5.60. The molecule has 0 aromatic heterocycles. The van der Waals surface area contributed by atoms with E-state index >= 15 is 0 Å². The van der Waals surface area contributed by atoms with Crippen LogP contribution in [0.15, 0.2) is 42.5 Å². The lowest BCUT2D eigenvalue weighted by molar-refractivity contribution is -0.111. The van der Waals surface area contributed by atoms with Gasteiger partial charge >= 0.3 is 5.97 Å². The largest absolute Gasteiger partial charge is 0.505 e. The standard InChI is InChI=1S/C14H15NO4/c1-3-4-5-9-12(16)15-11-8-6-7-10(13(11)17)14(18)19-2/h3-9,17H,1-2H3,(H,15,16)/b4-3+,9-5+. The minimum atomic E-state index is -0.668. The minimum Gasteiger partial charge on any atom is -0.505 e. The lowest BCUT2D eigenvalue weighted by Gasteiger charge is -2.08. The van der Waals surface area contributed by atoms with E-state index in [0.717, 1.165) is 0 Å². The Balaban J connectivity index is 2.90. The maximum atomic E-state index is 11.5. The zero-order valence-corrected chi connectivity index (χ0v) is 10.7. The van der Waals surface area contributed by atoms with E-state index in [9.17, 15) is 14.7 Å². The predicted molar refractivity (Wildman–Crippen MR) is 72.0 cm³/mol. The summed E-state index contributed by atoms with van der Waals surface area (Å²) >= 11 is 0. The highest BCUT2D eigenvalue weighted by atomic mass is 16.5. The first kappa shape index (κ1) is 14.5. The number of ether oxygens (including phenoxy) is 1. The number of hydrogen-bond donors (Lipinski definition) is 2. The maximum Gasteiger partial charge on any atom is 0.341 e. The molecule has 0 saturated carbocycles. The van der Waals surface area contributed by atoms with Crippen LogP contribution in [0, 0.1) is 0 Å². The van der Waals surface area contributed by atoms with Gasteiger partial charge in [0.15, 0.2) is 5.75 Å². The van der Waals surface area contributed by atoms with E-state index in [0.29, 0.717) is 0 Å². The molecule has 0 bridgehead atoms. The quantitative estimate of drug-likeness (QED) is 0.377. The molecule has 1 rings (SSSR count). The summed E-state index contributed by atoms with van der Waals surface area (Å²) in [5.41, 5.74) is 0.149. The number of aromatic hydroxyl groups is 1. The summed E-state index contributed by atoms with van der Waals surface area (Å²) in [6.07, 6.45) is 6.35. The van der Waals surface area contributed by atoms with Crippen LogP contribution >= 0.6 is 0 Å². The molecule has 0 unspecified atom stereocenters. The number of methoxy groups -OCH3 is 1. The fourth-order valence-electron chi connectivity index (χ4n) is 1.35. The van der Waals surface area contributed by atoms with Crippen LogP contribution < -0.4 is 5.32 Å². The van der Waals surface area contributed by atoms with Gasteiger partial charge < -0.3 is 15.2 Å². The van der Waals surface area contributed by atoms with Crippen molar-refractivity contribution < 1.29 is 19.4 Å². The summed E-state index contributed by atoms with van der Waals surface area (Å²) in [4.78, 5) is 22.9. The summed E-state index contributed by atoms with van der Waals surface area (Å²) in [6, 6.07) is 4.44. The Morgan fingerprint density at radius 1 is 1.32 bits per heavy atom. The average Bonchev–Trinajstić information content (AvgIpc) is 2.40. The molecule has 0 radical (unpaired) electrons. The van der Waals surface area contributed by atoms with E-state index in [1.807, 2.05) is 6.92 Å². The summed E-state index contributed by atoms with van der Waals surface area (Å²) < 4.78 is 4.52. The van der Waals surface area contributed by atoms with E-state index in [-0.39, 0.29) is 17.0 Å². The maximum absolute atomic E-state index is 11.5. The minimum absolute atomic E-state index is 0.00210. The number of carbonyl (C=O) groups is 2. The van der Waals surface area contributed by atoms with Crippen LogP contribution in [0.5, 0.6) is 5.75 Å². The van der Waals surface area contributed by atoms with Crippen molar-refractivity contribution in [3.63, 3.8) is 0 Å². The Kier molecular flexibility index (Phi) is 5.35. The highest BCUT2D eigenvalue weighted by Crippen LogP contribution is 2.27. The van der Waals surface area contributed by atoms with Gasteiger partial charge in [0.25, 0.3) is 0 Å². The Morgan fingerprint density at radius 3 is 2.68 bits per heavy atom. The van der Waals surface area contributed by atoms with Gasteiger partial charge in [0.2, 0.25) is 5.91 Å². The van der Waals surface area contributed by atoms with Gasteiger partial charge in [-0.05, 0) is 19.1 Å². The van der Waals surface area contributed by atoms with Crippen LogP contribution in [0.3, 0.4) is 0 Å². The van der Waals surface area contributed by atoms with Crippen molar-refractivity contribution in [2.75, 3.05) is 12.4 Å². The van der Waals surface area contributed by atoms with Crippen LogP contribution in [0.4, 0.5) is 5.69 Å². The third-order valence-electron chi connectivity index (χ3n) is 2.25. The molecule has 5 heteroatoms. The lowest BCUT2D eigenvalue weighted by atomic mass is 10.1. The second kappa shape index (κ2) is 7.00. The molecular weight excluding hydrogens is 246 g/mol. The molecule has 19 heavy (non-hydrogen) atoms. The molecule has 0 fully saturated rings. The predicted octanol–water partition coefficient (Wildman–Crippen LogP) is 2.25. The molecule has 1 aromatic carbocycles. The molecule has 0 aliphatic carbocycles. The molecule has 1 amide bonds. The van der Waals surface area contributed by atoms with Gasteiger partial charge in [-0.1, -0.05) is 24.3 Å². The van der Waals surface area contributed by atoms with Crippen LogP contribution in [0.1, 0.15) is 17.3 Å². The SMILES string of the molecule is C/C=C/C=C/C(=O)Nc1cccc(C(=O)OC)c1O. The second-order valence-electron chi connectivity index (χ2n) is 3.57. The Bertz CT molecular complexity index is 532. The van der Waals surface area contributed by atoms with E-state index in [4.69, 9.17) is 0 Å². The van der Waals surface area contributed by atoms with Crippen molar-refractivity contribution in [2.24, 2.45) is 0 Å². The molecule has 0 spiro atoms. The zero-order valence-electron chi connectivity index (χ0n) is 10.7. The van der Waals surface area contributed by atoms with Crippen molar-refractivity contribution >= 4 is 17.6 Å². The third-order valence-corrected chi connectivity index (χ3v) is 2.25. The highest BCUT2D eigenvalue weighted by Gasteiger charge is 2.15. The van der Waals surface area contributed by atoms with Crippen molar-refractivity contribution in [3.8, 4) is 5.75 Å². The fraction of sp³-hybridized carbons (Fsp3) is 0.143. The van der Waals surface area contributed by atoms with Gasteiger partial charge in [-0.3, -0.25) is 4.79 Å².